The third kappa shape index (κ3) is 2.91. The fourth-order valence-corrected chi connectivity index (χ4v) is 4.33. The topological polar surface area (TPSA) is 46.1 Å². The highest BCUT2D eigenvalue weighted by Gasteiger charge is 2.26. The summed E-state index contributed by atoms with van der Waals surface area (Å²) in [6, 6.07) is 10.2. The Morgan fingerprint density at radius 1 is 1.21 bits per heavy atom. The zero-order chi connectivity index (χ0) is 16.5. The number of likely N-dealkylation sites (tertiary alicyclic amines) is 1. The van der Waals surface area contributed by atoms with E-state index in [1.54, 1.807) is 17.5 Å². The van der Waals surface area contributed by atoms with Crippen LogP contribution in [0.5, 0.6) is 0 Å². The summed E-state index contributed by atoms with van der Waals surface area (Å²) in [7, 11) is 0. The third-order valence-electron chi connectivity index (χ3n) is 4.61. The van der Waals surface area contributed by atoms with Gasteiger partial charge in [-0.05, 0) is 37.3 Å². The van der Waals surface area contributed by atoms with E-state index in [-0.39, 0.29) is 5.91 Å². The fraction of sp³-hybridized carbons (Fsp3) is 0.316. The molecule has 1 aromatic carbocycles. The summed E-state index contributed by atoms with van der Waals surface area (Å²) in [6.07, 6.45) is 5.55. The monoisotopic (exact) mass is 337 g/mol. The Hall–Kier alpha value is -2.27. The van der Waals surface area contributed by atoms with Gasteiger partial charge in [-0.1, -0.05) is 18.2 Å². The minimum atomic E-state index is 0.157. The van der Waals surface area contributed by atoms with Crippen molar-refractivity contribution in [3.63, 3.8) is 0 Å². The zero-order valence-corrected chi connectivity index (χ0v) is 14.4. The summed E-state index contributed by atoms with van der Waals surface area (Å²) in [6.45, 7) is 3.54. The molecule has 2 aromatic heterocycles. The highest BCUT2D eigenvalue weighted by molar-refractivity contribution is 7.20. The molecule has 24 heavy (non-hydrogen) atoms. The van der Waals surface area contributed by atoms with Crippen LogP contribution in [0.3, 0.4) is 0 Å². The van der Waals surface area contributed by atoms with Crippen molar-refractivity contribution in [2.75, 3.05) is 13.1 Å². The van der Waals surface area contributed by atoms with Crippen LogP contribution in [-0.2, 0) is 0 Å². The second kappa shape index (κ2) is 6.32. The lowest BCUT2D eigenvalue weighted by molar-refractivity contribution is 0.0717. The summed E-state index contributed by atoms with van der Waals surface area (Å²) in [5.74, 6) is 0.564. The van der Waals surface area contributed by atoms with E-state index in [0.29, 0.717) is 5.92 Å². The summed E-state index contributed by atoms with van der Waals surface area (Å²) in [4.78, 5) is 24.4. The van der Waals surface area contributed by atoms with Crippen LogP contribution in [-0.4, -0.2) is 33.9 Å². The second-order valence-electron chi connectivity index (χ2n) is 6.30. The molecule has 3 heterocycles. The number of carbonyl (C=O) groups excluding carboxylic acids is 1. The van der Waals surface area contributed by atoms with Gasteiger partial charge in [0.05, 0.1) is 16.3 Å². The van der Waals surface area contributed by atoms with E-state index in [1.165, 1.54) is 4.70 Å². The van der Waals surface area contributed by atoms with Crippen molar-refractivity contribution >= 4 is 27.3 Å². The van der Waals surface area contributed by atoms with E-state index in [2.05, 4.69) is 22.1 Å². The number of piperidine rings is 1. The highest BCUT2D eigenvalue weighted by Crippen LogP contribution is 2.30. The molecular formula is C19H19N3OS. The lowest BCUT2D eigenvalue weighted by atomic mass is 9.93. The molecule has 1 amide bonds. The third-order valence-corrected chi connectivity index (χ3v) is 5.71. The van der Waals surface area contributed by atoms with Crippen molar-refractivity contribution in [3.8, 4) is 0 Å². The van der Waals surface area contributed by atoms with Gasteiger partial charge < -0.3 is 4.90 Å². The molecule has 1 aliphatic heterocycles. The van der Waals surface area contributed by atoms with Crippen molar-refractivity contribution in [2.24, 2.45) is 0 Å². The lowest BCUT2D eigenvalue weighted by Crippen LogP contribution is -2.37. The minimum absolute atomic E-state index is 0.157. The molecule has 0 bridgehead atoms. The molecule has 3 aromatic rings. The summed E-state index contributed by atoms with van der Waals surface area (Å²) in [5, 5.41) is 1.15. The van der Waals surface area contributed by atoms with Crippen LogP contribution in [0.1, 0.15) is 39.8 Å². The number of hydrogen-bond donors (Lipinski definition) is 0. The second-order valence-corrected chi connectivity index (χ2v) is 7.38. The number of hydrogen-bond acceptors (Lipinski definition) is 4. The van der Waals surface area contributed by atoms with Gasteiger partial charge in [0.25, 0.3) is 5.91 Å². The van der Waals surface area contributed by atoms with Crippen molar-refractivity contribution in [2.45, 2.75) is 25.7 Å². The minimum Gasteiger partial charge on any atom is -0.338 e. The van der Waals surface area contributed by atoms with Crippen molar-refractivity contribution in [1.82, 2.24) is 14.9 Å². The predicted molar refractivity (Wildman–Crippen MR) is 96.5 cm³/mol. The molecule has 1 fully saturated rings. The first kappa shape index (κ1) is 15.3. The average molecular weight is 337 g/mol. The normalized spacial score (nSPS) is 15.8. The smallest absolute Gasteiger partial charge is 0.263 e. The first-order valence-corrected chi connectivity index (χ1v) is 9.09. The Kier molecular flexibility index (Phi) is 4.02. The molecule has 5 heteroatoms. The predicted octanol–water partition coefficient (Wildman–Crippen LogP) is 4.02. The Bertz CT molecular complexity index is 848. The molecule has 4 rings (SSSR count). The molecule has 1 saturated heterocycles. The molecule has 0 atom stereocenters. The SMILES string of the molecule is Cc1cncc(C2CCN(C(=O)c3cc4ccccc4s3)CC2)n1. The van der Waals surface area contributed by atoms with Gasteiger partial charge in [-0.25, -0.2) is 0 Å². The van der Waals surface area contributed by atoms with E-state index < -0.39 is 0 Å². The quantitative estimate of drug-likeness (QED) is 0.709. The Balaban J connectivity index is 1.46. The van der Waals surface area contributed by atoms with Gasteiger partial charge >= 0.3 is 0 Å². The number of aromatic nitrogens is 2. The molecule has 0 spiro atoms. The van der Waals surface area contributed by atoms with Crippen LogP contribution in [0.25, 0.3) is 10.1 Å². The first-order chi connectivity index (χ1) is 11.7. The number of rotatable bonds is 2. The van der Waals surface area contributed by atoms with E-state index in [4.69, 9.17) is 0 Å². The van der Waals surface area contributed by atoms with Crippen LogP contribution in [0.2, 0.25) is 0 Å². The van der Waals surface area contributed by atoms with E-state index in [0.717, 1.165) is 47.6 Å². The van der Waals surface area contributed by atoms with Gasteiger partial charge in [0.2, 0.25) is 0 Å². The molecule has 1 aliphatic rings. The van der Waals surface area contributed by atoms with Crippen molar-refractivity contribution < 1.29 is 4.79 Å². The van der Waals surface area contributed by atoms with Crippen LogP contribution >= 0.6 is 11.3 Å². The van der Waals surface area contributed by atoms with Crippen LogP contribution in [0, 0.1) is 6.92 Å². The Morgan fingerprint density at radius 2 is 2.00 bits per heavy atom. The Labute approximate surface area is 145 Å². The number of thiophene rings is 1. The average Bonchev–Trinajstić information content (AvgIpc) is 3.05. The van der Waals surface area contributed by atoms with E-state index in [1.807, 2.05) is 36.2 Å². The van der Waals surface area contributed by atoms with Gasteiger partial charge in [0.1, 0.15) is 0 Å². The lowest BCUT2D eigenvalue weighted by Gasteiger charge is -2.31. The van der Waals surface area contributed by atoms with E-state index >= 15 is 0 Å². The first-order valence-electron chi connectivity index (χ1n) is 8.27. The molecule has 4 nitrogen and oxygen atoms in total. The molecule has 122 valence electrons. The van der Waals surface area contributed by atoms with Crippen LogP contribution < -0.4 is 0 Å². The fourth-order valence-electron chi connectivity index (χ4n) is 3.30. The molecule has 0 unspecified atom stereocenters. The number of nitrogens with zero attached hydrogens (tertiary/aromatic N) is 3. The summed E-state index contributed by atoms with van der Waals surface area (Å²) in [5.41, 5.74) is 2.01. The molecule has 0 N–H and O–H groups in total. The number of amides is 1. The Morgan fingerprint density at radius 3 is 2.75 bits per heavy atom. The maximum Gasteiger partial charge on any atom is 0.263 e. The van der Waals surface area contributed by atoms with Gasteiger partial charge in [0, 0.05) is 36.1 Å². The van der Waals surface area contributed by atoms with Gasteiger partial charge in [-0.15, -0.1) is 11.3 Å². The molecular weight excluding hydrogens is 318 g/mol. The standard InChI is InChI=1S/C19H19N3OS/c1-13-11-20-12-16(21-13)14-6-8-22(9-7-14)19(23)18-10-15-4-2-3-5-17(15)24-18/h2-5,10-12,14H,6-9H2,1H3. The maximum absolute atomic E-state index is 12.8. The van der Waals surface area contributed by atoms with Gasteiger partial charge in [0.15, 0.2) is 0 Å². The zero-order valence-electron chi connectivity index (χ0n) is 13.6. The van der Waals surface area contributed by atoms with E-state index in [9.17, 15) is 4.79 Å². The highest BCUT2D eigenvalue weighted by atomic mass is 32.1. The van der Waals surface area contributed by atoms with Crippen LogP contribution in [0.4, 0.5) is 0 Å². The maximum atomic E-state index is 12.8. The van der Waals surface area contributed by atoms with Crippen molar-refractivity contribution in [1.29, 1.82) is 0 Å². The molecule has 0 radical (unpaired) electrons. The largest absolute Gasteiger partial charge is 0.338 e. The van der Waals surface area contributed by atoms with Crippen LogP contribution in [0.15, 0.2) is 42.7 Å². The number of aryl methyl sites for hydroxylation is 1. The summed E-state index contributed by atoms with van der Waals surface area (Å²) < 4.78 is 1.17. The summed E-state index contributed by atoms with van der Waals surface area (Å²) >= 11 is 1.58. The van der Waals surface area contributed by atoms with Gasteiger partial charge in [-0.2, -0.15) is 0 Å². The molecule has 0 aliphatic carbocycles. The number of carbonyl (C=O) groups is 1. The molecule has 0 saturated carbocycles. The van der Waals surface area contributed by atoms with Gasteiger partial charge in [-0.3, -0.25) is 14.8 Å². The number of benzene rings is 1. The van der Waals surface area contributed by atoms with Crippen molar-refractivity contribution in [3.05, 3.63) is 59.0 Å². The number of fused-ring (bicyclic) bond motifs is 1.